The summed E-state index contributed by atoms with van der Waals surface area (Å²) >= 11 is 0. The van der Waals surface area contributed by atoms with E-state index in [1.807, 2.05) is 42.1 Å². The van der Waals surface area contributed by atoms with Crippen LogP contribution in [0.25, 0.3) is 0 Å². The van der Waals surface area contributed by atoms with Gasteiger partial charge in [0.1, 0.15) is 5.82 Å². The highest BCUT2D eigenvalue weighted by Gasteiger charge is 2.06. The van der Waals surface area contributed by atoms with Crippen LogP contribution in [0.3, 0.4) is 0 Å². The van der Waals surface area contributed by atoms with Crippen molar-refractivity contribution in [1.82, 2.24) is 9.55 Å². The van der Waals surface area contributed by atoms with E-state index in [9.17, 15) is 4.79 Å². The van der Waals surface area contributed by atoms with Crippen LogP contribution in [0.1, 0.15) is 23.1 Å². The van der Waals surface area contributed by atoms with Crippen molar-refractivity contribution >= 4 is 11.5 Å². The first-order valence-corrected chi connectivity index (χ1v) is 5.48. The van der Waals surface area contributed by atoms with Crippen molar-refractivity contribution in [2.45, 2.75) is 13.5 Å². The Morgan fingerprint density at radius 1 is 1.41 bits per heavy atom. The lowest BCUT2D eigenvalue weighted by Crippen LogP contribution is -2.08. The number of para-hydroxylation sites is 1. The maximum atomic E-state index is 11.4. The summed E-state index contributed by atoms with van der Waals surface area (Å²) in [5.41, 5.74) is 1.56. The van der Waals surface area contributed by atoms with E-state index in [2.05, 4.69) is 10.3 Å². The van der Waals surface area contributed by atoms with Gasteiger partial charge in [-0.25, -0.2) is 4.98 Å². The lowest BCUT2D eigenvalue weighted by atomic mass is 10.1. The molecule has 0 atom stereocenters. The summed E-state index contributed by atoms with van der Waals surface area (Å²) in [6.45, 7) is 2.18. The van der Waals surface area contributed by atoms with E-state index in [1.165, 1.54) is 0 Å². The number of imidazole rings is 1. The summed E-state index contributed by atoms with van der Waals surface area (Å²) in [6, 6.07) is 7.50. The Balaban J connectivity index is 2.14. The molecule has 1 N–H and O–H groups in total. The van der Waals surface area contributed by atoms with Crippen molar-refractivity contribution in [1.29, 1.82) is 0 Å². The van der Waals surface area contributed by atoms with Crippen molar-refractivity contribution in [3.05, 3.63) is 48.0 Å². The molecule has 0 spiro atoms. The molecule has 2 aromatic rings. The van der Waals surface area contributed by atoms with Gasteiger partial charge in [-0.05, 0) is 19.1 Å². The highest BCUT2D eigenvalue weighted by Crippen LogP contribution is 2.16. The minimum absolute atomic E-state index is 0.0629. The average Bonchev–Trinajstić information content (AvgIpc) is 2.72. The Hall–Kier alpha value is -2.10. The summed E-state index contributed by atoms with van der Waals surface area (Å²) in [4.78, 5) is 15.7. The molecule has 0 bridgehead atoms. The van der Waals surface area contributed by atoms with Crippen molar-refractivity contribution in [3.63, 3.8) is 0 Å². The van der Waals surface area contributed by atoms with E-state index in [0.29, 0.717) is 12.1 Å². The fourth-order valence-electron chi connectivity index (χ4n) is 1.69. The molecule has 0 amide bonds. The number of benzene rings is 1. The van der Waals surface area contributed by atoms with Crippen LogP contribution in [0.4, 0.5) is 5.69 Å². The molecule has 1 aromatic heterocycles. The monoisotopic (exact) mass is 229 g/mol. The van der Waals surface area contributed by atoms with Crippen LogP contribution >= 0.6 is 0 Å². The van der Waals surface area contributed by atoms with Crippen LogP contribution in [0.2, 0.25) is 0 Å². The molecule has 1 heterocycles. The second kappa shape index (κ2) is 4.82. The van der Waals surface area contributed by atoms with E-state index in [1.54, 1.807) is 13.1 Å². The number of hydrogen-bond donors (Lipinski definition) is 1. The highest BCUT2D eigenvalue weighted by atomic mass is 16.1. The maximum absolute atomic E-state index is 11.4. The number of anilines is 1. The Kier molecular flexibility index (Phi) is 3.23. The third kappa shape index (κ3) is 2.53. The molecular weight excluding hydrogens is 214 g/mol. The fraction of sp³-hybridized carbons (Fsp3) is 0.231. The predicted molar refractivity (Wildman–Crippen MR) is 67.0 cm³/mol. The van der Waals surface area contributed by atoms with Crippen LogP contribution in [0.5, 0.6) is 0 Å². The van der Waals surface area contributed by atoms with Gasteiger partial charge in [0, 0.05) is 30.7 Å². The summed E-state index contributed by atoms with van der Waals surface area (Å²) in [5, 5.41) is 3.23. The number of nitrogens with one attached hydrogen (secondary N) is 1. The Morgan fingerprint density at radius 3 is 2.82 bits per heavy atom. The molecule has 0 unspecified atom stereocenters. The van der Waals surface area contributed by atoms with Gasteiger partial charge in [-0.2, -0.15) is 0 Å². The maximum Gasteiger partial charge on any atom is 0.161 e. The van der Waals surface area contributed by atoms with E-state index in [4.69, 9.17) is 0 Å². The molecule has 2 rings (SSSR count). The van der Waals surface area contributed by atoms with Crippen LogP contribution in [-0.4, -0.2) is 15.3 Å². The van der Waals surface area contributed by atoms with E-state index in [0.717, 1.165) is 11.5 Å². The first-order chi connectivity index (χ1) is 8.18. The zero-order valence-electron chi connectivity index (χ0n) is 9.97. The molecule has 0 aliphatic heterocycles. The van der Waals surface area contributed by atoms with Gasteiger partial charge in [-0.15, -0.1) is 0 Å². The highest BCUT2D eigenvalue weighted by molar-refractivity contribution is 5.99. The van der Waals surface area contributed by atoms with Crippen LogP contribution in [-0.2, 0) is 13.6 Å². The number of carbonyl (C=O) groups is 1. The molecule has 0 saturated carbocycles. The van der Waals surface area contributed by atoms with Crippen LogP contribution in [0.15, 0.2) is 36.7 Å². The third-order valence-corrected chi connectivity index (χ3v) is 2.66. The molecule has 0 aliphatic carbocycles. The zero-order chi connectivity index (χ0) is 12.3. The molecule has 17 heavy (non-hydrogen) atoms. The molecule has 0 radical (unpaired) electrons. The predicted octanol–water partition coefficient (Wildman–Crippen LogP) is 2.23. The largest absolute Gasteiger partial charge is 0.377 e. The van der Waals surface area contributed by atoms with Gasteiger partial charge in [0.05, 0.1) is 6.54 Å². The Labute approximate surface area is 100 Å². The van der Waals surface area contributed by atoms with E-state index < -0.39 is 0 Å². The van der Waals surface area contributed by atoms with E-state index >= 15 is 0 Å². The first kappa shape index (κ1) is 11.4. The molecule has 0 saturated heterocycles. The zero-order valence-corrected chi connectivity index (χ0v) is 9.97. The van der Waals surface area contributed by atoms with Gasteiger partial charge in [0.2, 0.25) is 0 Å². The third-order valence-electron chi connectivity index (χ3n) is 2.66. The van der Waals surface area contributed by atoms with Crippen LogP contribution in [0, 0.1) is 0 Å². The summed E-state index contributed by atoms with van der Waals surface area (Å²) < 4.78 is 1.95. The minimum Gasteiger partial charge on any atom is -0.377 e. The molecule has 1 aromatic carbocycles. The lowest BCUT2D eigenvalue weighted by Gasteiger charge is -2.09. The van der Waals surface area contributed by atoms with Crippen molar-refractivity contribution in [2.24, 2.45) is 7.05 Å². The van der Waals surface area contributed by atoms with Gasteiger partial charge in [0.25, 0.3) is 0 Å². The van der Waals surface area contributed by atoms with Gasteiger partial charge in [-0.3, -0.25) is 4.79 Å². The number of Topliss-reactive ketones (excluding diaryl/α,β-unsaturated/α-hetero) is 1. The number of rotatable bonds is 4. The molecular formula is C13H15N3O. The SMILES string of the molecule is CC(=O)c1ccccc1NCc1nccn1C. The van der Waals surface area contributed by atoms with Crippen molar-refractivity contribution in [3.8, 4) is 0 Å². The fourth-order valence-corrected chi connectivity index (χ4v) is 1.69. The summed E-state index contributed by atoms with van der Waals surface area (Å²) in [6.07, 6.45) is 3.65. The van der Waals surface area contributed by atoms with Crippen molar-refractivity contribution in [2.75, 3.05) is 5.32 Å². The quantitative estimate of drug-likeness (QED) is 0.818. The number of ketones is 1. The number of carbonyl (C=O) groups excluding carboxylic acids is 1. The van der Waals surface area contributed by atoms with Gasteiger partial charge < -0.3 is 9.88 Å². The van der Waals surface area contributed by atoms with Gasteiger partial charge >= 0.3 is 0 Å². The summed E-state index contributed by atoms with van der Waals surface area (Å²) in [5.74, 6) is 0.997. The average molecular weight is 229 g/mol. The standard InChI is InChI=1S/C13H15N3O/c1-10(17)11-5-3-4-6-12(11)15-9-13-14-7-8-16(13)2/h3-8,15H,9H2,1-2H3. The van der Waals surface area contributed by atoms with Gasteiger partial charge in [-0.1, -0.05) is 12.1 Å². The molecule has 4 heteroatoms. The summed E-state index contributed by atoms with van der Waals surface area (Å²) in [7, 11) is 1.95. The Morgan fingerprint density at radius 2 is 2.18 bits per heavy atom. The number of aryl methyl sites for hydroxylation is 1. The van der Waals surface area contributed by atoms with Crippen LogP contribution < -0.4 is 5.32 Å². The molecule has 4 nitrogen and oxygen atoms in total. The normalized spacial score (nSPS) is 10.2. The molecule has 0 fully saturated rings. The lowest BCUT2D eigenvalue weighted by molar-refractivity contribution is 0.101. The number of aromatic nitrogens is 2. The molecule has 88 valence electrons. The second-order valence-electron chi connectivity index (χ2n) is 3.91. The second-order valence-corrected chi connectivity index (χ2v) is 3.91. The first-order valence-electron chi connectivity index (χ1n) is 5.48. The molecule has 0 aliphatic rings. The van der Waals surface area contributed by atoms with E-state index in [-0.39, 0.29) is 5.78 Å². The minimum atomic E-state index is 0.0629. The Bertz CT molecular complexity index is 531. The number of hydrogen-bond acceptors (Lipinski definition) is 3. The van der Waals surface area contributed by atoms with Crippen molar-refractivity contribution < 1.29 is 4.79 Å². The van der Waals surface area contributed by atoms with Gasteiger partial charge in [0.15, 0.2) is 5.78 Å². The number of nitrogens with zero attached hydrogens (tertiary/aromatic N) is 2. The topological polar surface area (TPSA) is 46.9 Å². The smallest absolute Gasteiger partial charge is 0.161 e.